The van der Waals surface area contributed by atoms with Crippen molar-refractivity contribution in [1.82, 2.24) is 4.98 Å². The number of nitrogens with one attached hydrogen (secondary N) is 1. The van der Waals surface area contributed by atoms with Crippen molar-refractivity contribution in [2.24, 2.45) is 0 Å². The number of benzene rings is 2. The van der Waals surface area contributed by atoms with Crippen LogP contribution in [0.15, 0.2) is 60.8 Å². The number of amides is 1. The van der Waals surface area contributed by atoms with Crippen molar-refractivity contribution >= 4 is 28.2 Å². The van der Waals surface area contributed by atoms with Crippen LogP contribution >= 0.6 is 0 Å². The molecule has 0 saturated carbocycles. The van der Waals surface area contributed by atoms with Gasteiger partial charge in [0.15, 0.2) is 0 Å². The summed E-state index contributed by atoms with van der Waals surface area (Å²) in [7, 11) is 1.96. The van der Waals surface area contributed by atoms with E-state index >= 15 is 0 Å². The molecule has 0 bridgehead atoms. The number of hydrogen-bond donors (Lipinski definition) is 2. The van der Waals surface area contributed by atoms with Gasteiger partial charge in [-0.3, -0.25) is 9.78 Å². The molecule has 1 heterocycles. The Morgan fingerprint density at radius 1 is 1.12 bits per heavy atom. The van der Waals surface area contributed by atoms with E-state index in [1.54, 1.807) is 24.4 Å². The third kappa shape index (κ3) is 3.46. The van der Waals surface area contributed by atoms with E-state index in [-0.39, 0.29) is 11.7 Å². The molecule has 5 heteroatoms. The average Bonchev–Trinajstić information content (AvgIpc) is 2.63. The maximum Gasteiger partial charge on any atom is 0.226 e. The van der Waals surface area contributed by atoms with Crippen LogP contribution in [0.5, 0.6) is 5.75 Å². The molecule has 24 heavy (non-hydrogen) atoms. The second-order valence-electron chi connectivity index (χ2n) is 5.59. The maximum absolute atomic E-state index is 12.3. The predicted molar refractivity (Wildman–Crippen MR) is 96.4 cm³/mol. The van der Waals surface area contributed by atoms with Crippen molar-refractivity contribution in [2.75, 3.05) is 23.8 Å². The normalized spacial score (nSPS) is 10.5. The first-order valence-electron chi connectivity index (χ1n) is 7.78. The quantitative estimate of drug-likeness (QED) is 0.707. The highest BCUT2D eigenvalue weighted by Gasteiger charge is 2.10. The van der Waals surface area contributed by atoms with Crippen LogP contribution in [-0.4, -0.2) is 29.6 Å². The minimum atomic E-state index is -0.0753. The number of carbonyl (C=O) groups excluding carboxylic acids is 1. The summed E-state index contributed by atoms with van der Waals surface area (Å²) in [6.45, 7) is 0.615. The number of rotatable bonds is 5. The number of fused-ring (bicyclic) bond motifs is 1. The predicted octanol–water partition coefficient (Wildman–Crippen LogP) is 3.41. The van der Waals surface area contributed by atoms with Crippen molar-refractivity contribution < 1.29 is 9.90 Å². The van der Waals surface area contributed by atoms with Gasteiger partial charge in [-0.2, -0.15) is 0 Å². The number of nitrogens with zero attached hydrogens (tertiary/aromatic N) is 2. The highest BCUT2D eigenvalue weighted by molar-refractivity contribution is 6.02. The molecule has 0 spiro atoms. The molecular formula is C19H19N3O2. The number of para-hydroxylation sites is 1. The van der Waals surface area contributed by atoms with E-state index in [2.05, 4.69) is 10.3 Å². The number of pyridine rings is 1. The van der Waals surface area contributed by atoms with Gasteiger partial charge in [-0.1, -0.05) is 18.2 Å². The van der Waals surface area contributed by atoms with Crippen LogP contribution in [0.1, 0.15) is 6.42 Å². The fourth-order valence-corrected chi connectivity index (χ4v) is 2.56. The average molecular weight is 321 g/mol. The molecule has 0 atom stereocenters. The van der Waals surface area contributed by atoms with E-state index in [1.807, 2.05) is 48.3 Å². The van der Waals surface area contributed by atoms with E-state index in [4.69, 9.17) is 0 Å². The summed E-state index contributed by atoms with van der Waals surface area (Å²) in [4.78, 5) is 18.4. The number of anilines is 2. The third-order valence-electron chi connectivity index (χ3n) is 3.89. The van der Waals surface area contributed by atoms with Crippen molar-refractivity contribution in [3.63, 3.8) is 0 Å². The molecule has 1 amide bonds. The summed E-state index contributed by atoms with van der Waals surface area (Å²) in [5.41, 5.74) is 2.21. The van der Waals surface area contributed by atoms with Gasteiger partial charge < -0.3 is 15.3 Å². The lowest BCUT2D eigenvalue weighted by molar-refractivity contribution is -0.116. The van der Waals surface area contributed by atoms with Crippen LogP contribution in [-0.2, 0) is 4.79 Å². The number of aromatic hydroxyl groups is 1. The van der Waals surface area contributed by atoms with Gasteiger partial charge in [-0.25, -0.2) is 0 Å². The van der Waals surface area contributed by atoms with Crippen molar-refractivity contribution in [3.8, 4) is 5.75 Å². The van der Waals surface area contributed by atoms with Crippen LogP contribution < -0.4 is 10.2 Å². The van der Waals surface area contributed by atoms with E-state index in [0.717, 1.165) is 11.1 Å². The molecular weight excluding hydrogens is 302 g/mol. The highest BCUT2D eigenvalue weighted by atomic mass is 16.3. The Morgan fingerprint density at radius 2 is 1.92 bits per heavy atom. The molecule has 2 aromatic carbocycles. The molecule has 1 aromatic heterocycles. The second kappa shape index (κ2) is 7.00. The van der Waals surface area contributed by atoms with Crippen molar-refractivity contribution in [2.45, 2.75) is 6.42 Å². The number of aromatic nitrogens is 1. The smallest absolute Gasteiger partial charge is 0.226 e. The molecule has 5 nitrogen and oxygen atoms in total. The van der Waals surface area contributed by atoms with Crippen molar-refractivity contribution in [3.05, 3.63) is 60.8 Å². The molecule has 3 aromatic rings. The van der Waals surface area contributed by atoms with Gasteiger partial charge in [0.25, 0.3) is 0 Å². The molecule has 3 rings (SSSR count). The topological polar surface area (TPSA) is 65.5 Å². The molecule has 2 N–H and O–H groups in total. The van der Waals surface area contributed by atoms with Gasteiger partial charge in [0.2, 0.25) is 5.91 Å². The zero-order chi connectivity index (χ0) is 16.9. The lowest BCUT2D eigenvalue weighted by Gasteiger charge is -2.19. The van der Waals surface area contributed by atoms with Gasteiger partial charge >= 0.3 is 0 Å². The zero-order valence-corrected chi connectivity index (χ0v) is 13.4. The standard InChI is InChI=1S/C19H19N3O2/c1-22(14-6-3-2-4-7-14)13-11-18(24)21-16-9-10-17(23)19-15(16)8-5-12-20-19/h2-10,12,23H,11,13H2,1H3,(H,21,24). The summed E-state index contributed by atoms with van der Waals surface area (Å²) in [6.07, 6.45) is 1.98. The first kappa shape index (κ1) is 15.8. The van der Waals surface area contributed by atoms with Crippen molar-refractivity contribution in [1.29, 1.82) is 0 Å². The number of phenols is 1. The monoisotopic (exact) mass is 321 g/mol. The summed E-state index contributed by atoms with van der Waals surface area (Å²) < 4.78 is 0. The Morgan fingerprint density at radius 3 is 2.71 bits per heavy atom. The van der Waals surface area contributed by atoms with Crippen LogP contribution in [0.4, 0.5) is 11.4 Å². The Labute approximate surface area is 140 Å². The fourth-order valence-electron chi connectivity index (χ4n) is 2.56. The lowest BCUT2D eigenvalue weighted by Crippen LogP contribution is -2.23. The second-order valence-corrected chi connectivity index (χ2v) is 5.59. The summed E-state index contributed by atoms with van der Waals surface area (Å²) in [5, 5.41) is 13.5. The summed E-state index contributed by atoms with van der Waals surface area (Å²) in [6, 6.07) is 16.8. The largest absolute Gasteiger partial charge is 0.506 e. The number of phenolic OH excluding ortho intramolecular Hbond substituents is 1. The molecule has 0 radical (unpaired) electrons. The molecule has 0 saturated heterocycles. The fraction of sp³-hybridized carbons (Fsp3) is 0.158. The molecule has 0 aliphatic rings. The number of carbonyl (C=O) groups is 1. The van der Waals surface area contributed by atoms with Gasteiger partial charge in [0.05, 0.1) is 5.69 Å². The van der Waals surface area contributed by atoms with Crippen LogP contribution in [0.3, 0.4) is 0 Å². The molecule has 0 aliphatic heterocycles. The van der Waals surface area contributed by atoms with Crippen LogP contribution in [0, 0.1) is 0 Å². The third-order valence-corrected chi connectivity index (χ3v) is 3.89. The Bertz CT molecular complexity index is 850. The van der Waals surface area contributed by atoms with Crippen LogP contribution in [0.25, 0.3) is 10.9 Å². The molecule has 0 aliphatic carbocycles. The minimum absolute atomic E-state index is 0.0753. The first-order valence-corrected chi connectivity index (χ1v) is 7.78. The minimum Gasteiger partial charge on any atom is -0.506 e. The molecule has 0 unspecified atom stereocenters. The Hall–Kier alpha value is -3.08. The molecule has 0 fully saturated rings. The lowest BCUT2D eigenvalue weighted by atomic mass is 10.1. The van der Waals surface area contributed by atoms with E-state index in [9.17, 15) is 9.90 Å². The van der Waals surface area contributed by atoms with E-state index < -0.39 is 0 Å². The summed E-state index contributed by atoms with van der Waals surface area (Å²) >= 11 is 0. The maximum atomic E-state index is 12.3. The van der Waals surface area contributed by atoms with Gasteiger partial charge in [-0.15, -0.1) is 0 Å². The van der Waals surface area contributed by atoms with E-state index in [0.29, 0.717) is 24.2 Å². The Balaban J connectivity index is 1.66. The highest BCUT2D eigenvalue weighted by Crippen LogP contribution is 2.28. The molecule has 122 valence electrons. The van der Waals surface area contributed by atoms with Gasteiger partial charge in [0.1, 0.15) is 11.3 Å². The number of hydrogen-bond acceptors (Lipinski definition) is 4. The van der Waals surface area contributed by atoms with Gasteiger partial charge in [-0.05, 0) is 36.4 Å². The Kier molecular flexibility index (Phi) is 4.61. The first-order chi connectivity index (χ1) is 11.6. The van der Waals surface area contributed by atoms with Gasteiger partial charge in [0, 0.05) is 37.3 Å². The van der Waals surface area contributed by atoms with Crippen LogP contribution in [0.2, 0.25) is 0 Å². The SMILES string of the molecule is CN(CCC(=O)Nc1ccc(O)c2ncccc12)c1ccccc1. The van der Waals surface area contributed by atoms with E-state index in [1.165, 1.54) is 0 Å². The summed E-state index contributed by atoms with van der Waals surface area (Å²) in [5.74, 6) is 0.0287. The zero-order valence-electron chi connectivity index (χ0n) is 13.4.